The van der Waals surface area contributed by atoms with Gasteiger partial charge in [-0.25, -0.2) is 12.8 Å². The second-order valence-electron chi connectivity index (χ2n) is 0.859. The van der Waals surface area contributed by atoms with Crippen LogP contribution in [0.1, 0.15) is 6.92 Å². The summed E-state index contributed by atoms with van der Waals surface area (Å²) in [5, 5.41) is 0. The first-order valence-electron chi connectivity index (χ1n) is 1.42. The van der Waals surface area contributed by atoms with Crippen molar-refractivity contribution in [1.29, 1.82) is 0 Å². The van der Waals surface area contributed by atoms with Gasteiger partial charge in [-0.3, -0.25) is 0 Å². The molecule has 0 aromatic rings. The van der Waals surface area contributed by atoms with E-state index in [1.165, 1.54) is 0 Å². The Morgan fingerprint density at radius 1 is 1.67 bits per heavy atom. The van der Waals surface area contributed by atoms with Gasteiger partial charge in [0.25, 0.3) is 0 Å². The fourth-order valence-electron chi connectivity index (χ4n) is 0. The maximum atomic E-state index is 11.2. The summed E-state index contributed by atoms with van der Waals surface area (Å²) in [6.07, 6.45) is 0. The van der Waals surface area contributed by atoms with Crippen molar-refractivity contribution in [3.05, 3.63) is 0 Å². The summed E-state index contributed by atoms with van der Waals surface area (Å²) >= 11 is 0. The minimum absolute atomic E-state index is 0.978. The van der Waals surface area contributed by atoms with E-state index in [0.29, 0.717) is 0 Å². The fourth-order valence-corrected chi connectivity index (χ4v) is 0. The van der Waals surface area contributed by atoms with Crippen LogP contribution in [0, 0.1) is 0 Å². The number of thiol groups is 1. The van der Waals surface area contributed by atoms with E-state index in [0.717, 1.165) is 6.92 Å². The zero-order valence-corrected chi connectivity index (χ0v) is 4.11. The van der Waals surface area contributed by atoms with Gasteiger partial charge in [-0.1, -0.05) is 0 Å². The van der Waals surface area contributed by atoms with Gasteiger partial charge in [0.1, 0.15) is 0 Å². The molecule has 0 heterocycles. The van der Waals surface area contributed by atoms with Crippen molar-refractivity contribution in [2.24, 2.45) is 0 Å². The van der Waals surface area contributed by atoms with E-state index in [-0.39, 0.29) is 0 Å². The molecule has 0 fully saturated rings. The highest BCUT2D eigenvalue weighted by Crippen LogP contribution is 1.83. The summed E-state index contributed by atoms with van der Waals surface area (Å²) in [5.41, 5.74) is -1.69. The first-order valence-corrected chi connectivity index (χ1v) is 2.67. The molecule has 0 amide bonds. The quantitative estimate of drug-likeness (QED) is 0.481. The summed E-state index contributed by atoms with van der Waals surface area (Å²) in [5.74, 6) is 0. The molecule has 0 bridgehead atoms. The zero-order chi connectivity index (χ0) is 5.15. The van der Waals surface area contributed by atoms with Gasteiger partial charge in [0.05, 0.1) is 0 Å². The molecule has 2 nitrogen and oxygen atoms in total. The molecule has 1 unspecified atom stereocenters. The molecule has 0 spiro atoms. The van der Waals surface area contributed by atoms with Crippen LogP contribution in [0.4, 0.5) is 4.39 Å². The van der Waals surface area contributed by atoms with Crippen LogP contribution >= 0.6 is 0 Å². The molecule has 0 rings (SSSR count). The van der Waals surface area contributed by atoms with Crippen LogP contribution in [-0.2, 0) is 10.7 Å². The minimum Gasteiger partial charge on any atom is -0.231 e. The summed E-state index contributed by atoms with van der Waals surface area (Å²) in [4.78, 5) is 0. The molecule has 0 saturated heterocycles. The second-order valence-corrected chi connectivity index (χ2v) is 2.14. The van der Waals surface area contributed by atoms with E-state index >= 15 is 0 Å². The van der Waals surface area contributed by atoms with Crippen molar-refractivity contribution in [2.75, 3.05) is 0 Å². The monoisotopic (exact) mass is 112 g/mol. The first-order chi connectivity index (χ1) is 2.64. The Hall–Kier alpha value is -0.120. The molecule has 0 aromatic heterocycles. The van der Waals surface area contributed by atoms with E-state index in [1.54, 1.807) is 0 Å². The molecule has 6 heavy (non-hydrogen) atoms. The highest BCUT2D eigenvalue weighted by atomic mass is 32.2. The third-order valence-corrected chi connectivity index (χ3v) is 0.872. The van der Waals surface area contributed by atoms with Crippen molar-refractivity contribution in [3.63, 3.8) is 0 Å². The van der Waals surface area contributed by atoms with Gasteiger partial charge >= 0.3 is 0 Å². The van der Waals surface area contributed by atoms with Crippen LogP contribution < -0.4 is 0 Å². The van der Waals surface area contributed by atoms with Gasteiger partial charge in [0, 0.05) is 0 Å². The van der Waals surface area contributed by atoms with Gasteiger partial charge in [0.2, 0.25) is 0 Å². The Morgan fingerprint density at radius 3 is 1.83 bits per heavy atom. The van der Waals surface area contributed by atoms with Crippen LogP contribution in [0.15, 0.2) is 0 Å². The lowest BCUT2D eigenvalue weighted by atomic mass is 10.9. The Labute approximate surface area is 36.9 Å². The minimum atomic E-state index is -2.83. The summed E-state index contributed by atoms with van der Waals surface area (Å²) < 4.78 is 30.0. The lowest BCUT2D eigenvalue weighted by Crippen LogP contribution is -1.91. The Kier molecular flexibility index (Phi) is 2.08. The molecule has 4 heteroatoms. The number of rotatable bonds is 1. The number of alkyl halides is 1. The summed E-state index contributed by atoms with van der Waals surface area (Å²) in [6, 6.07) is 0. The molecule has 0 radical (unpaired) electrons. The Balaban J connectivity index is 3.57. The normalized spacial score (nSPS) is 15.2. The predicted octanol–water partition coefficient (Wildman–Crippen LogP) is -0.0867. The van der Waals surface area contributed by atoms with Crippen LogP contribution in [-0.4, -0.2) is 13.9 Å². The van der Waals surface area contributed by atoms with Gasteiger partial charge in [-0.15, -0.1) is 0 Å². The Bertz CT molecular complexity index is 87.7. The topological polar surface area (TPSA) is 34.1 Å². The maximum Gasteiger partial charge on any atom is 0.195 e. The molecule has 0 saturated carbocycles. The third kappa shape index (κ3) is 2.14. The van der Waals surface area contributed by atoms with E-state index < -0.39 is 16.2 Å². The molecule has 0 aliphatic carbocycles. The molecule has 0 N–H and O–H groups in total. The van der Waals surface area contributed by atoms with Gasteiger partial charge < -0.3 is 0 Å². The highest BCUT2D eigenvalue weighted by Gasteiger charge is 1.94. The molecule has 38 valence electrons. The second kappa shape index (κ2) is 2.12. The maximum absolute atomic E-state index is 11.2. The third-order valence-electron chi connectivity index (χ3n) is 0.291. The lowest BCUT2D eigenvalue weighted by molar-refractivity contribution is 0.454. The van der Waals surface area contributed by atoms with Crippen LogP contribution in [0.2, 0.25) is 0 Å². The smallest absolute Gasteiger partial charge is 0.195 e. The van der Waals surface area contributed by atoms with Crippen LogP contribution in [0.5, 0.6) is 0 Å². The van der Waals surface area contributed by atoms with Crippen molar-refractivity contribution >= 4 is 10.7 Å². The summed E-state index contributed by atoms with van der Waals surface area (Å²) in [6.45, 7) is 0.978. The average molecular weight is 112 g/mol. The molecule has 0 aromatic carbocycles. The largest absolute Gasteiger partial charge is 0.231 e. The average Bonchev–Trinajstić information content (AvgIpc) is 1.36. The van der Waals surface area contributed by atoms with E-state index in [2.05, 4.69) is 0 Å². The van der Waals surface area contributed by atoms with Crippen molar-refractivity contribution in [3.8, 4) is 0 Å². The predicted molar refractivity (Wildman–Crippen MR) is 20.9 cm³/mol. The number of hydrogen-bond acceptors (Lipinski definition) is 2. The van der Waals surface area contributed by atoms with Gasteiger partial charge in [0.15, 0.2) is 16.2 Å². The number of hydrogen-bond donors (Lipinski definition) is 1. The Morgan fingerprint density at radius 2 is 1.83 bits per heavy atom. The van der Waals surface area contributed by atoms with E-state index in [4.69, 9.17) is 0 Å². The standard InChI is InChI=1S/C2H5FO2S/c1-2(3)6(4)5/h2,6H,1H3. The summed E-state index contributed by atoms with van der Waals surface area (Å²) in [7, 11) is -2.83. The van der Waals surface area contributed by atoms with E-state index in [9.17, 15) is 12.8 Å². The molecular weight excluding hydrogens is 107 g/mol. The lowest BCUT2D eigenvalue weighted by Gasteiger charge is -1.78. The van der Waals surface area contributed by atoms with Gasteiger partial charge in [-0.2, -0.15) is 0 Å². The van der Waals surface area contributed by atoms with E-state index in [1.807, 2.05) is 0 Å². The molecular formula is C2H5FO2S. The molecule has 0 aliphatic heterocycles. The zero-order valence-electron chi connectivity index (χ0n) is 3.22. The van der Waals surface area contributed by atoms with Crippen LogP contribution in [0.3, 0.4) is 0 Å². The highest BCUT2D eigenvalue weighted by molar-refractivity contribution is 7.72. The van der Waals surface area contributed by atoms with Crippen LogP contribution in [0.25, 0.3) is 0 Å². The van der Waals surface area contributed by atoms with Crippen molar-refractivity contribution in [1.82, 2.24) is 0 Å². The van der Waals surface area contributed by atoms with Crippen molar-refractivity contribution in [2.45, 2.75) is 12.4 Å². The number of halogens is 1. The molecule has 0 aliphatic rings. The fraction of sp³-hybridized carbons (Fsp3) is 1.00. The van der Waals surface area contributed by atoms with Crippen molar-refractivity contribution < 1.29 is 12.8 Å². The molecule has 1 atom stereocenters. The first kappa shape index (κ1) is 5.88. The van der Waals surface area contributed by atoms with Gasteiger partial charge in [-0.05, 0) is 6.92 Å². The SMILES string of the molecule is CC(F)[SH](=O)=O.